The molecule has 14 heteroatoms. The number of hydrogen-bond donors (Lipinski definition) is 4. The maximum atomic E-state index is 10.8. The molecule has 4 rings (SSSR count). The normalized spacial score (nSPS) is 22.0. The van der Waals surface area contributed by atoms with E-state index in [4.69, 9.17) is 51.7 Å². The summed E-state index contributed by atoms with van der Waals surface area (Å²) in [6.07, 6.45) is 11.3. The zero-order valence-corrected chi connectivity index (χ0v) is 32.3. The highest BCUT2D eigenvalue weighted by Gasteiger charge is 2.34. The van der Waals surface area contributed by atoms with Gasteiger partial charge in [0, 0.05) is 38.3 Å². The van der Waals surface area contributed by atoms with Gasteiger partial charge in [0.25, 0.3) is 0 Å². The standard InChI is InChI=1S/2C19H30ClNO5/c2*1-2-3-4-5-14(22)8-10-21-11-9-16(20)17(21)13-25-12-15-6-7-18(26-15)19(23)24/h2*6-7,14,16-17,22H,2-5,8-13H2,1H3,(H,23,24)/t14-,16+,17-;14-,16-,17+/m01/s1. The molecule has 2 aliphatic rings. The topological polar surface area (TPSA) is 166 Å². The number of carboxylic acid groups (broad SMARTS) is 2. The number of halogens is 2. The summed E-state index contributed by atoms with van der Waals surface area (Å²) in [5, 5.41) is 38.0. The summed E-state index contributed by atoms with van der Waals surface area (Å²) in [4.78, 5) is 26.2. The molecule has 6 atom stereocenters. The van der Waals surface area contributed by atoms with Crippen LogP contribution in [0.15, 0.2) is 33.1 Å². The molecule has 12 nitrogen and oxygen atoms in total. The lowest BCUT2D eigenvalue weighted by molar-refractivity contribution is 0.0495. The van der Waals surface area contributed by atoms with Crippen LogP contribution in [0.5, 0.6) is 0 Å². The molecule has 2 aromatic rings. The van der Waals surface area contributed by atoms with Gasteiger partial charge >= 0.3 is 11.9 Å². The number of rotatable bonds is 24. The smallest absolute Gasteiger partial charge is 0.371 e. The van der Waals surface area contributed by atoms with E-state index >= 15 is 0 Å². The van der Waals surface area contributed by atoms with E-state index in [-0.39, 0.29) is 59.8 Å². The fourth-order valence-corrected chi connectivity index (χ4v) is 7.27. The van der Waals surface area contributed by atoms with Gasteiger partial charge in [0.1, 0.15) is 24.7 Å². The van der Waals surface area contributed by atoms with E-state index in [1.165, 1.54) is 12.1 Å². The minimum Gasteiger partial charge on any atom is -0.475 e. The van der Waals surface area contributed by atoms with Crippen molar-refractivity contribution in [1.29, 1.82) is 0 Å². The highest BCUT2D eigenvalue weighted by atomic mass is 35.5. The first kappa shape index (κ1) is 44.2. The van der Waals surface area contributed by atoms with Crippen LogP contribution in [0.2, 0.25) is 0 Å². The van der Waals surface area contributed by atoms with Gasteiger partial charge in [-0.2, -0.15) is 0 Å². The fourth-order valence-electron chi connectivity index (χ4n) is 6.61. The van der Waals surface area contributed by atoms with Crippen molar-refractivity contribution in [2.24, 2.45) is 0 Å². The summed E-state index contributed by atoms with van der Waals surface area (Å²) in [7, 11) is 0. The van der Waals surface area contributed by atoms with Crippen LogP contribution < -0.4 is 0 Å². The van der Waals surface area contributed by atoms with Crippen molar-refractivity contribution in [2.45, 2.75) is 139 Å². The van der Waals surface area contributed by atoms with Crippen LogP contribution in [0.4, 0.5) is 0 Å². The van der Waals surface area contributed by atoms with Crippen molar-refractivity contribution < 1.29 is 48.3 Å². The number of furan rings is 2. The number of likely N-dealkylation sites (tertiary alicyclic amines) is 2. The van der Waals surface area contributed by atoms with Gasteiger partial charge in [0.15, 0.2) is 0 Å². The largest absolute Gasteiger partial charge is 0.475 e. The number of aromatic carboxylic acids is 2. The Morgan fingerprint density at radius 3 is 1.46 bits per heavy atom. The number of aliphatic hydroxyl groups excluding tert-OH is 2. The molecular weight excluding hydrogens is 715 g/mol. The Labute approximate surface area is 318 Å². The number of carbonyl (C=O) groups is 2. The van der Waals surface area contributed by atoms with E-state index in [0.29, 0.717) is 24.7 Å². The Bertz CT molecular complexity index is 1200. The van der Waals surface area contributed by atoms with Gasteiger partial charge in [0.2, 0.25) is 11.5 Å². The number of aliphatic hydroxyl groups is 2. The van der Waals surface area contributed by atoms with Gasteiger partial charge in [-0.3, -0.25) is 9.80 Å². The minimum atomic E-state index is -1.09. The Kier molecular flexibility index (Phi) is 20.7. The third kappa shape index (κ3) is 15.7. The van der Waals surface area contributed by atoms with Crippen molar-refractivity contribution in [3.8, 4) is 0 Å². The summed E-state index contributed by atoms with van der Waals surface area (Å²) in [5.74, 6) is -1.36. The summed E-state index contributed by atoms with van der Waals surface area (Å²) in [6, 6.07) is 6.28. The van der Waals surface area contributed by atoms with Crippen LogP contribution in [0, 0.1) is 0 Å². The highest BCUT2D eigenvalue weighted by molar-refractivity contribution is 6.21. The monoisotopic (exact) mass is 774 g/mol. The molecule has 2 fully saturated rings. The van der Waals surface area contributed by atoms with Gasteiger partial charge in [-0.15, -0.1) is 23.2 Å². The van der Waals surface area contributed by atoms with Crippen LogP contribution in [0.3, 0.4) is 0 Å². The Morgan fingerprint density at radius 2 is 1.12 bits per heavy atom. The summed E-state index contributed by atoms with van der Waals surface area (Å²) in [5.41, 5.74) is 0. The molecule has 2 aliphatic heterocycles. The first-order chi connectivity index (χ1) is 25.0. The van der Waals surface area contributed by atoms with Gasteiger partial charge in [0.05, 0.1) is 36.2 Å². The number of unbranched alkanes of at least 4 members (excludes halogenated alkanes) is 4. The summed E-state index contributed by atoms with van der Waals surface area (Å²) < 4.78 is 21.8. The fraction of sp³-hybridized carbons (Fsp3) is 0.737. The third-order valence-corrected chi connectivity index (χ3v) is 10.8. The maximum Gasteiger partial charge on any atom is 0.371 e. The molecule has 4 heterocycles. The third-order valence-electron chi connectivity index (χ3n) is 9.75. The molecule has 0 aromatic carbocycles. The number of alkyl halides is 2. The van der Waals surface area contributed by atoms with E-state index in [2.05, 4.69) is 23.6 Å². The van der Waals surface area contributed by atoms with E-state index in [0.717, 1.165) is 103 Å². The van der Waals surface area contributed by atoms with Crippen molar-refractivity contribution in [1.82, 2.24) is 9.80 Å². The SMILES string of the molecule is CCCCC[C@@H](O)CCN1CC[C@@H](Cl)[C@@H]1COCc1ccc(C(=O)O)o1.CCCCC[C@H](O)CCN1CC[C@@H](Cl)[C@@H]1COCc1ccc(C(=O)O)o1. The average molecular weight is 776 g/mol. The molecule has 0 aliphatic carbocycles. The van der Waals surface area contributed by atoms with Gasteiger partial charge in [-0.05, 0) is 62.8 Å². The molecule has 2 aromatic heterocycles. The van der Waals surface area contributed by atoms with Crippen molar-refractivity contribution in [3.63, 3.8) is 0 Å². The van der Waals surface area contributed by atoms with Gasteiger partial charge in [-0.1, -0.05) is 52.4 Å². The Balaban J connectivity index is 0.000000280. The molecule has 296 valence electrons. The lowest BCUT2D eigenvalue weighted by Crippen LogP contribution is -2.38. The lowest BCUT2D eigenvalue weighted by Gasteiger charge is -2.26. The molecule has 0 amide bonds. The molecule has 2 saturated heterocycles. The summed E-state index contributed by atoms with van der Waals surface area (Å²) in [6.45, 7) is 9.14. The van der Waals surface area contributed by atoms with Crippen molar-refractivity contribution in [2.75, 3.05) is 39.4 Å². The van der Waals surface area contributed by atoms with Crippen molar-refractivity contribution >= 4 is 35.1 Å². The molecule has 52 heavy (non-hydrogen) atoms. The molecule has 0 bridgehead atoms. The molecule has 0 spiro atoms. The zero-order valence-electron chi connectivity index (χ0n) is 30.8. The molecular formula is C38H60Cl2N2O10. The van der Waals surface area contributed by atoms with Crippen LogP contribution in [0.25, 0.3) is 0 Å². The Hall–Kier alpha value is -2.16. The summed E-state index contributed by atoms with van der Waals surface area (Å²) >= 11 is 12.9. The highest BCUT2D eigenvalue weighted by Crippen LogP contribution is 2.26. The molecule has 0 saturated carbocycles. The predicted molar refractivity (Wildman–Crippen MR) is 199 cm³/mol. The second-order valence-corrected chi connectivity index (χ2v) is 15.0. The molecule has 0 unspecified atom stereocenters. The maximum absolute atomic E-state index is 10.8. The van der Waals surface area contributed by atoms with Crippen molar-refractivity contribution in [3.05, 3.63) is 47.3 Å². The Morgan fingerprint density at radius 1 is 0.712 bits per heavy atom. The van der Waals surface area contributed by atoms with E-state index in [9.17, 15) is 19.8 Å². The number of hydrogen-bond acceptors (Lipinski definition) is 10. The average Bonchev–Trinajstić information content (AvgIpc) is 3.93. The lowest BCUT2D eigenvalue weighted by atomic mass is 10.1. The van der Waals surface area contributed by atoms with Gasteiger partial charge < -0.3 is 38.7 Å². The van der Waals surface area contributed by atoms with Gasteiger partial charge in [-0.25, -0.2) is 9.59 Å². The zero-order chi connectivity index (χ0) is 37.9. The van der Waals surface area contributed by atoms with Crippen LogP contribution in [0.1, 0.15) is 124 Å². The van der Waals surface area contributed by atoms with E-state index in [1.54, 1.807) is 12.1 Å². The van der Waals surface area contributed by atoms with E-state index in [1.807, 2.05) is 0 Å². The number of ether oxygens (including phenoxy) is 2. The van der Waals surface area contributed by atoms with Crippen LogP contribution in [-0.2, 0) is 22.7 Å². The molecule has 0 radical (unpaired) electrons. The quantitative estimate of drug-likeness (QED) is 0.0637. The van der Waals surface area contributed by atoms with Crippen LogP contribution in [-0.4, -0.2) is 117 Å². The number of nitrogens with zero attached hydrogens (tertiary/aromatic N) is 2. The van der Waals surface area contributed by atoms with E-state index < -0.39 is 11.9 Å². The minimum absolute atomic E-state index is 0.0263. The first-order valence-corrected chi connectivity index (χ1v) is 19.8. The number of carboxylic acids is 2. The van der Waals surface area contributed by atoms with Crippen LogP contribution >= 0.6 is 23.2 Å². The molecule has 4 N–H and O–H groups in total. The second kappa shape index (κ2) is 24.3. The second-order valence-electron chi connectivity index (χ2n) is 13.9. The first-order valence-electron chi connectivity index (χ1n) is 18.9. The predicted octanol–water partition coefficient (Wildman–Crippen LogP) is 7.01.